The lowest BCUT2D eigenvalue weighted by Gasteiger charge is -2.06. The Morgan fingerprint density at radius 3 is 2.84 bits per heavy atom. The molecule has 0 bridgehead atoms. The fourth-order valence-electron chi connectivity index (χ4n) is 2.03. The van der Waals surface area contributed by atoms with E-state index in [-0.39, 0.29) is 0 Å². The van der Waals surface area contributed by atoms with Crippen molar-refractivity contribution in [2.75, 3.05) is 6.54 Å². The van der Waals surface area contributed by atoms with Crippen molar-refractivity contribution in [3.05, 3.63) is 41.2 Å². The van der Waals surface area contributed by atoms with E-state index in [1.807, 2.05) is 16.9 Å². The van der Waals surface area contributed by atoms with E-state index in [2.05, 4.69) is 42.6 Å². The minimum atomic E-state index is 0.784. The summed E-state index contributed by atoms with van der Waals surface area (Å²) < 4.78 is 1.96. The summed E-state index contributed by atoms with van der Waals surface area (Å²) in [6, 6.07) is 6.21. The summed E-state index contributed by atoms with van der Waals surface area (Å²) in [5.41, 5.74) is 3.33. The fraction of sp³-hybridized carbons (Fsp3) is 0.400. The topological polar surface area (TPSA) is 29.9 Å². The van der Waals surface area contributed by atoms with Crippen LogP contribution in [0.1, 0.15) is 25.8 Å². The number of hydrogen-bond donors (Lipinski definition) is 1. The summed E-state index contributed by atoms with van der Waals surface area (Å²) in [5, 5.41) is 8.42. The first-order valence-corrected chi connectivity index (χ1v) is 7.14. The third-order valence-electron chi connectivity index (χ3n) is 3.01. The van der Waals surface area contributed by atoms with Crippen molar-refractivity contribution in [1.29, 1.82) is 0 Å². The molecule has 102 valence electrons. The molecule has 0 atom stereocenters. The molecule has 0 saturated carbocycles. The van der Waals surface area contributed by atoms with E-state index in [1.54, 1.807) is 0 Å². The van der Waals surface area contributed by atoms with Crippen LogP contribution in [0.2, 0.25) is 5.02 Å². The van der Waals surface area contributed by atoms with Crippen LogP contribution in [0.5, 0.6) is 0 Å². The molecule has 2 rings (SSSR count). The summed E-state index contributed by atoms with van der Waals surface area (Å²) in [5.74, 6) is 0. The molecular weight excluding hydrogens is 258 g/mol. The second-order valence-electron chi connectivity index (χ2n) is 4.59. The van der Waals surface area contributed by atoms with Crippen LogP contribution in [-0.2, 0) is 13.1 Å². The average Bonchev–Trinajstić information content (AvgIpc) is 2.85. The zero-order chi connectivity index (χ0) is 13.7. The summed E-state index contributed by atoms with van der Waals surface area (Å²) in [4.78, 5) is 0. The van der Waals surface area contributed by atoms with Crippen LogP contribution in [0.15, 0.2) is 30.6 Å². The highest BCUT2D eigenvalue weighted by Gasteiger charge is 2.07. The van der Waals surface area contributed by atoms with Gasteiger partial charge in [-0.25, -0.2) is 0 Å². The Hall–Kier alpha value is -1.32. The van der Waals surface area contributed by atoms with E-state index < -0.39 is 0 Å². The first-order valence-electron chi connectivity index (χ1n) is 6.76. The molecule has 4 heteroatoms. The van der Waals surface area contributed by atoms with E-state index in [0.29, 0.717) is 0 Å². The van der Waals surface area contributed by atoms with Gasteiger partial charge in [0, 0.05) is 35.4 Å². The third-order valence-corrected chi connectivity index (χ3v) is 3.32. The maximum Gasteiger partial charge on any atom is 0.0568 e. The largest absolute Gasteiger partial charge is 0.313 e. The second kappa shape index (κ2) is 6.73. The lowest BCUT2D eigenvalue weighted by Crippen LogP contribution is -2.11. The molecule has 0 radical (unpaired) electrons. The first-order chi connectivity index (χ1) is 9.24. The minimum absolute atomic E-state index is 0.784. The van der Waals surface area contributed by atoms with E-state index in [0.717, 1.165) is 42.2 Å². The predicted octanol–water partition coefficient (Wildman–Crippen LogP) is 3.72. The Labute approximate surface area is 119 Å². The molecule has 0 amide bonds. The fourth-order valence-corrected chi connectivity index (χ4v) is 2.34. The van der Waals surface area contributed by atoms with Gasteiger partial charge in [-0.1, -0.05) is 37.6 Å². The Morgan fingerprint density at radius 1 is 1.32 bits per heavy atom. The lowest BCUT2D eigenvalue weighted by molar-refractivity contribution is 0.603. The Kier molecular flexibility index (Phi) is 5.00. The van der Waals surface area contributed by atoms with Crippen LogP contribution in [0.3, 0.4) is 0 Å². The summed E-state index contributed by atoms with van der Waals surface area (Å²) in [6.07, 6.45) is 5.01. The molecule has 0 spiro atoms. The van der Waals surface area contributed by atoms with Gasteiger partial charge in [0.05, 0.1) is 6.20 Å². The number of benzene rings is 1. The molecule has 19 heavy (non-hydrogen) atoms. The SMILES string of the molecule is CCCn1cc(-c2ccc(CNCC)cc2Cl)cn1. The zero-order valence-corrected chi connectivity index (χ0v) is 12.2. The molecule has 0 aliphatic heterocycles. The van der Waals surface area contributed by atoms with Crippen molar-refractivity contribution >= 4 is 11.6 Å². The van der Waals surface area contributed by atoms with E-state index >= 15 is 0 Å². The van der Waals surface area contributed by atoms with Crippen molar-refractivity contribution in [2.24, 2.45) is 0 Å². The highest BCUT2D eigenvalue weighted by Crippen LogP contribution is 2.28. The van der Waals surface area contributed by atoms with Gasteiger partial charge >= 0.3 is 0 Å². The van der Waals surface area contributed by atoms with Gasteiger partial charge in [0.2, 0.25) is 0 Å². The molecule has 0 fully saturated rings. The van der Waals surface area contributed by atoms with E-state index in [9.17, 15) is 0 Å². The number of nitrogens with zero attached hydrogens (tertiary/aromatic N) is 2. The summed E-state index contributed by atoms with van der Waals surface area (Å²) >= 11 is 6.36. The smallest absolute Gasteiger partial charge is 0.0568 e. The van der Waals surface area contributed by atoms with Crippen molar-refractivity contribution in [3.8, 4) is 11.1 Å². The number of aromatic nitrogens is 2. The monoisotopic (exact) mass is 277 g/mol. The van der Waals surface area contributed by atoms with Gasteiger partial charge < -0.3 is 5.32 Å². The molecule has 0 saturated heterocycles. The molecule has 0 unspecified atom stereocenters. The number of rotatable bonds is 6. The molecule has 1 N–H and O–H groups in total. The number of halogens is 1. The maximum atomic E-state index is 6.36. The normalized spacial score (nSPS) is 10.9. The average molecular weight is 278 g/mol. The molecule has 0 aliphatic carbocycles. The highest BCUT2D eigenvalue weighted by molar-refractivity contribution is 6.33. The predicted molar refractivity (Wildman–Crippen MR) is 80.3 cm³/mol. The molecule has 1 aromatic heterocycles. The standard InChI is InChI=1S/C15H20ClN3/c1-3-7-19-11-13(10-18-19)14-6-5-12(8-15(14)16)9-17-4-2/h5-6,8,10-11,17H,3-4,7,9H2,1-2H3. The molecule has 1 aromatic carbocycles. The number of aryl methyl sites for hydroxylation is 1. The van der Waals surface area contributed by atoms with E-state index in [4.69, 9.17) is 11.6 Å². The van der Waals surface area contributed by atoms with Gasteiger partial charge in [0.15, 0.2) is 0 Å². The maximum absolute atomic E-state index is 6.36. The molecular formula is C15H20ClN3. The lowest BCUT2D eigenvalue weighted by atomic mass is 10.1. The molecule has 2 aromatic rings. The minimum Gasteiger partial charge on any atom is -0.313 e. The molecule has 0 aliphatic rings. The summed E-state index contributed by atoms with van der Waals surface area (Å²) in [6.45, 7) is 6.99. The van der Waals surface area contributed by atoms with Crippen LogP contribution in [0.4, 0.5) is 0 Å². The van der Waals surface area contributed by atoms with Crippen molar-refractivity contribution in [2.45, 2.75) is 33.4 Å². The quantitative estimate of drug-likeness (QED) is 0.872. The zero-order valence-electron chi connectivity index (χ0n) is 11.5. The van der Waals surface area contributed by atoms with Gasteiger partial charge in [0.25, 0.3) is 0 Å². The van der Waals surface area contributed by atoms with Gasteiger partial charge in [-0.05, 0) is 24.6 Å². The van der Waals surface area contributed by atoms with Crippen molar-refractivity contribution in [3.63, 3.8) is 0 Å². The first kappa shape index (κ1) is 14.1. The van der Waals surface area contributed by atoms with Crippen LogP contribution in [0, 0.1) is 0 Å². The van der Waals surface area contributed by atoms with Crippen molar-refractivity contribution < 1.29 is 0 Å². The van der Waals surface area contributed by atoms with Crippen molar-refractivity contribution in [1.82, 2.24) is 15.1 Å². The Balaban J connectivity index is 2.19. The Bertz CT molecular complexity index is 534. The second-order valence-corrected chi connectivity index (χ2v) is 4.99. The van der Waals surface area contributed by atoms with Gasteiger partial charge in [-0.15, -0.1) is 0 Å². The number of hydrogen-bond acceptors (Lipinski definition) is 2. The number of nitrogens with one attached hydrogen (secondary N) is 1. The third kappa shape index (κ3) is 3.58. The van der Waals surface area contributed by atoms with Crippen LogP contribution >= 0.6 is 11.6 Å². The highest BCUT2D eigenvalue weighted by atomic mass is 35.5. The van der Waals surface area contributed by atoms with Gasteiger partial charge in [0.1, 0.15) is 0 Å². The van der Waals surface area contributed by atoms with Crippen LogP contribution in [0.25, 0.3) is 11.1 Å². The molecule has 3 nitrogen and oxygen atoms in total. The van der Waals surface area contributed by atoms with Crippen LogP contribution in [-0.4, -0.2) is 16.3 Å². The Morgan fingerprint density at radius 2 is 2.16 bits per heavy atom. The summed E-state index contributed by atoms with van der Waals surface area (Å²) in [7, 11) is 0. The molecule has 1 heterocycles. The van der Waals surface area contributed by atoms with E-state index in [1.165, 1.54) is 5.56 Å². The van der Waals surface area contributed by atoms with Gasteiger partial charge in [-0.3, -0.25) is 4.68 Å². The van der Waals surface area contributed by atoms with Crippen LogP contribution < -0.4 is 5.32 Å². The van der Waals surface area contributed by atoms with Gasteiger partial charge in [-0.2, -0.15) is 5.10 Å².